The molecule has 1 amide bonds. The van der Waals surface area contributed by atoms with Crippen LogP contribution in [0.4, 0.5) is 0 Å². The summed E-state index contributed by atoms with van der Waals surface area (Å²) in [7, 11) is 1.51. The van der Waals surface area contributed by atoms with Gasteiger partial charge in [0.1, 0.15) is 6.54 Å². The standard InChI is InChI=1S/C13H17NO4S/c1-10-3-4-11(19-10)5-6-12(15)14(7-8-18-2)9-13(16)17/h3-6H,7-9H2,1-2H3,(H,16,17)/b6-5+. The Morgan fingerprint density at radius 2 is 2.21 bits per heavy atom. The summed E-state index contributed by atoms with van der Waals surface area (Å²) in [5, 5.41) is 8.76. The van der Waals surface area contributed by atoms with Crippen molar-refractivity contribution in [2.45, 2.75) is 6.92 Å². The predicted molar refractivity (Wildman–Crippen MR) is 74.2 cm³/mol. The van der Waals surface area contributed by atoms with Crippen molar-refractivity contribution in [3.8, 4) is 0 Å². The van der Waals surface area contributed by atoms with Crippen molar-refractivity contribution in [2.24, 2.45) is 0 Å². The molecule has 0 saturated carbocycles. The Morgan fingerprint density at radius 3 is 2.74 bits per heavy atom. The van der Waals surface area contributed by atoms with Gasteiger partial charge in [-0.05, 0) is 25.1 Å². The zero-order chi connectivity index (χ0) is 14.3. The number of thiophene rings is 1. The fourth-order valence-electron chi connectivity index (χ4n) is 1.43. The lowest BCUT2D eigenvalue weighted by atomic mass is 10.3. The monoisotopic (exact) mass is 283 g/mol. The van der Waals surface area contributed by atoms with Crippen LogP contribution >= 0.6 is 11.3 Å². The Bertz CT molecular complexity index is 467. The molecule has 0 saturated heterocycles. The number of aryl methyl sites for hydroxylation is 1. The lowest BCUT2D eigenvalue weighted by molar-refractivity contribution is -0.143. The molecule has 1 N–H and O–H groups in total. The van der Waals surface area contributed by atoms with Crippen molar-refractivity contribution in [3.63, 3.8) is 0 Å². The van der Waals surface area contributed by atoms with Crippen molar-refractivity contribution in [1.82, 2.24) is 4.90 Å². The highest BCUT2D eigenvalue weighted by atomic mass is 32.1. The number of rotatable bonds is 7. The van der Waals surface area contributed by atoms with Crippen LogP contribution < -0.4 is 0 Å². The second-order valence-electron chi connectivity index (χ2n) is 3.93. The maximum Gasteiger partial charge on any atom is 0.323 e. The maximum atomic E-state index is 11.9. The number of hydrogen-bond acceptors (Lipinski definition) is 4. The number of carbonyl (C=O) groups is 2. The molecule has 0 bridgehead atoms. The molecule has 0 aromatic carbocycles. The lowest BCUT2D eigenvalue weighted by Gasteiger charge is -2.18. The molecule has 0 fully saturated rings. The van der Waals surface area contributed by atoms with Crippen molar-refractivity contribution in [3.05, 3.63) is 28.0 Å². The second kappa shape index (κ2) is 7.70. The number of amides is 1. The lowest BCUT2D eigenvalue weighted by Crippen LogP contribution is -2.36. The van der Waals surface area contributed by atoms with E-state index < -0.39 is 5.97 Å². The minimum atomic E-state index is -1.04. The third-order valence-electron chi connectivity index (χ3n) is 2.35. The normalized spacial score (nSPS) is 10.8. The summed E-state index contributed by atoms with van der Waals surface area (Å²) >= 11 is 1.57. The SMILES string of the molecule is COCCN(CC(=O)O)C(=O)/C=C/c1ccc(C)s1. The number of carbonyl (C=O) groups excluding carboxylic acids is 1. The number of carboxylic acid groups (broad SMARTS) is 1. The Hall–Kier alpha value is -1.66. The van der Waals surface area contributed by atoms with E-state index in [9.17, 15) is 9.59 Å². The van der Waals surface area contributed by atoms with Crippen LogP contribution in [-0.4, -0.2) is 48.7 Å². The summed E-state index contributed by atoms with van der Waals surface area (Å²) in [5.74, 6) is -1.37. The minimum absolute atomic E-state index is 0.259. The van der Waals surface area contributed by atoms with Crippen molar-refractivity contribution >= 4 is 29.3 Å². The Morgan fingerprint density at radius 1 is 1.47 bits per heavy atom. The predicted octanol–water partition coefficient (Wildman–Crippen LogP) is 1.63. The third-order valence-corrected chi connectivity index (χ3v) is 3.32. The van der Waals surface area contributed by atoms with Gasteiger partial charge in [-0.3, -0.25) is 9.59 Å². The molecule has 0 aliphatic heterocycles. The zero-order valence-corrected chi connectivity index (χ0v) is 11.8. The fraction of sp³-hybridized carbons (Fsp3) is 0.385. The van der Waals surface area contributed by atoms with E-state index in [1.807, 2.05) is 19.1 Å². The fourth-order valence-corrected chi connectivity index (χ4v) is 2.21. The number of hydrogen-bond donors (Lipinski definition) is 1. The minimum Gasteiger partial charge on any atom is -0.480 e. The quantitative estimate of drug-likeness (QED) is 0.772. The number of nitrogens with zero attached hydrogens (tertiary/aromatic N) is 1. The Balaban J connectivity index is 2.64. The summed E-state index contributed by atoms with van der Waals surface area (Å²) in [5.41, 5.74) is 0. The van der Waals surface area contributed by atoms with Gasteiger partial charge in [0.2, 0.25) is 5.91 Å². The number of ether oxygens (including phenoxy) is 1. The van der Waals surface area contributed by atoms with Crippen molar-refractivity contribution in [2.75, 3.05) is 26.8 Å². The van der Waals surface area contributed by atoms with E-state index in [1.54, 1.807) is 17.4 Å². The maximum absolute atomic E-state index is 11.9. The molecule has 5 nitrogen and oxygen atoms in total. The van der Waals surface area contributed by atoms with Gasteiger partial charge in [-0.2, -0.15) is 0 Å². The first-order chi connectivity index (χ1) is 9.02. The largest absolute Gasteiger partial charge is 0.480 e. The van der Waals surface area contributed by atoms with Gasteiger partial charge in [-0.1, -0.05) is 0 Å². The highest BCUT2D eigenvalue weighted by Crippen LogP contribution is 2.16. The van der Waals surface area contributed by atoms with E-state index in [2.05, 4.69) is 0 Å². The van der Waals surface area contributed by atoms with Crippen LogP contribution in [0, 0.1) is 6.92 Å². The summed E-state index contributed by atoms with van der Waals surface area (Å²) in [4.78, 5) is 26.0. The van der Waals surface area contributed by atoms with E-state index >= 15 is 0 Å². The molecule has 19 heavy (non-hydrogen) atoms. The van der Waals surface area contributed by atoms with Crippen LogP contribution in [-0.2, 0) is 14.3 Å². The van der Waals surface area contributed by atoms with Crippen LogP contribution in [0.1, 0.15) is 9.75 Å². The molecule has 0 spiro atoms. The van der Waals surface area contributed by atoms with Crippen LogP contribution in [0.3, 0.4) is 0 Å². The van der Waals surface area contributed by atoms with Crippen molar-refractivity contribution < 1.29 is 19.4 Å². The first-order valence-corrected chi connectivity index (χ1v) is 6.58. The third kappa shape index (κ3) is 5.67. The van der Waals surface area contributed by atoms with Gasteiger partial charge in [0.05, 0.1) is 6.61 Å². The van der Waals surface area contributed by atoms with E-state index in [0.717, 1.165) is 9.75 Å². The molecular weight excluding hydrogens is 266 g/mol. The molecule has 1 aromatic rings. The number of aliphatic carboxylic acids is 1. The molecular formula is C13H17NO4S. The second-order valence-corrected chi connectivity index (χ2v) is 5.25. The van der Waals surface area contributed by atoms with Gasteiger partial charge in [0.15, 0.2) is 0 Å². The van der Waals surface area contributed by atoms with Crippen LogP contribution in [0.5, 0.6) is 0 Å². The Kier molecular flexibility index (Phi) is 6.24. The van der Waals surface area contributed by atoms with Gasteiger partial charge < -0.3 is 14.7 Å². The first kappa shape index (κ1) is 15.4. The highest BCUT2D eigenvalue weighted by Gasteiger charge is 2.13. The zero-order valence-electron chi connectivity index (χ0n) is 11.0. The van der Waals surface area contributed by atoms with Crippen LogP contribution in [0.15, 0.2) is 18.2 Å². The molecule has 0 aliphatic carbocycles. The molecule has 104 valence electrons. The van der Waals surface area contributed by atoms with Gasteiger partial charge >= 0.3 is 5.97 Å². The molecule has 1 heterocycles. The number of carboxylic acids is 1. The van der Waals surface area contributed by atoms with E-state index in [1.165, 1.54) is 18.1 Å². The van der Waals surface area contributed by atoms with Gasteiger partial charge in [0.25, 0.3) is 0 Å². The van der Waals surface area contributed by atoms with E-state index in [-0.39, 0.29) is 19.0 Å². The molecule has 0 unspecified atom stereocenters. The molecule has 0 aliphatic rings. The molecule has 1 aromatic heterocycles. The summed E-state index contributed by atoms with van der Waals surface area (Å²) in [6.45, 7) is 2.23. The van der Waals surface area contributed by atoms with Gasteiger partial charge in [-0.25, -0.2) is 0 Å². The van der Waals surface area contributed by atoms with Crippen molar-refractivity contribution in [1.29, 1.82) is 0 Å². The highest BCUT2D eigenvalue weighted by molar-refractivity contribution is 7.12. The van der Waals surface area contributed by atoms with Gasteiger partial charge in [0, 0.05) is 29.5 Å². The Labute approximate surface area is 116 Å². The molecule has 0 atom stereocenters. The summed E-state index contributed by atoms with van der Waals surface area (Å²) < 4.78 is 4.86. The van der Waals surface area contributed by atoms with Crippen LogP contribution in [0.25, 0.3) is 6.08 Å². The topological polar surface area (TPSA) is 66.8 Å². The van der Waals surface area contributed by atoms with Gasteiger partial charge in [-0.15, -0.1) is 11.3 Å². The van der Waals surface area contributed by atoms with E-state index in [0.29, 0.717) is 6.61 Å². The summed E-state index contributed by atoms with van der Waals surface area (Å²) in [6.07, 6.45) is 3.09. The molecule has 6 heteroatoms. The molecule has 1 rings (SSSR count). The molecule has 0 radical (unpaired) electrons. The van der Waals surface area contributed by atoms with E-state index in [4.69, 9.17) is 9.84 Å². The summed E-state index contributed by atoms with van der Waals surface area (Å²) in [6, 6.07) is 3.88. The average Bonchev–Trinajstić information content (AvgIpc) is 2.77. The number of methoxy groups -OCH3 is 1. The van der Waals surface area contributed by atoms with Crippen LogP contribution in [0.2, 0.25) is 0 Å². The first-order valence-electron chi connectivity index (χ1n) is 5.77. The average molecular weight is 283 g/mol. The smallest absolute Gasteiger partial charge is 0.323 e.